The highest BCUT2D eigenvalue weighted by Crippen LogP contribution is 2.16. The predicted molar refractivity (Wildman–Crippen MR) is 28.1 cm³/mol. The van der Waals surface area contributed by atoms with Gasteiger partial charge in [-0.05, 0) is 13.8 Å². The minimum atomic E-state index is -0.431. The number of nitrogens with one attached hydrogen (secondary N) is 1. The van der Waals surface area contributed by atoms with E-state index in [1.54, 1.807) is 0 Å². The number of aliphatic hydroxyl groups is 1. The van der Waals surface area contributed by atoms with Gasteiger partial charge in [0.15, 0.2) is 0 Å². The molecule has 2 heteroatoms. The molecule has 2 atom stereocenters. The maximum Gasteiger partial charge on any atom is 0.0892 e. The minimum absolute atomic E-state index is 0.285. The molecule has 1 aliphatic rings. The van der Waals surface area contributed by atoms with Gasteiger partial charge in [-0.25, -0.2) is 0 Å². The van der Waals surface area contributed by atoms with Gasteiger partial charge in [0.1, 0.15) is 0 Å². The molecule has 0 saturated carbocycles. The zero-order chi connectivity index (χ0) is 5.49. The van der Waals surface area contributed by atoms with Crippen LogP contribution >= 0.6 is 0 Å². The quantitative estimate of drug-likeness (QED) is 0.440. The van der Waals surface area contributed by atoms with Crippen LogP contribution in [0.4, 0.5) is 0 Å². The van der Waals surface area contributed by atoms with Crippen LogP contribution in [-0.2, 0) is 0 Å². The van der Waals surface area contributed by atoms with Crippen molar-refractivity contribution >= 4 is 0 Å². The summed E-state index contributed by atoms with van der Waals surface area (Å²) in [5.74, 6) is 0. The van der Waals surface area contributed by atoms with E-state index >= 15 is 0 Å². The van der Waals surface area contributed by atoms with Gasteiger partial charge in [0.05, 0.1) is 5.60 Å². The second-order valence-electron chi connectivity index (χ2n) is 2.46. The largest absolute Gasteiger partial charge is 0.387 e. The van der Waals surface area contributed by atoms with Crippen LogP contribution in [-0.4, -0.2) is 23.3 Å². The lowest BCUT2D eigenvalue weighted by atomic mass is 9.90. The molecule has 1 rings (SSSR count). The van der Waals surface area contributed by atoms with E-state index in [-0.39, 0.29) is 6.04 Å². The number of β-amino-alcohol motifs (C(OH)–C–C–N with tert-alkyl or cyclic N) is 1. The van der Waals surface area contributed by atoms with E-state index in [4.69, 9.17) is 5.11 Å². The Balaban J connectivity index is 2.43. The molecule has 7 heavy (non-hydrogen) atoms. The van der Waals surface area contributed by atoms with Crippen molar-refractivity contribution in [2.75, 3.05) is 6.54 Å². The third kappa shape index (κ3) is 0.640. The Labute approximate surface area is 43.5 Å². The van der Waals surface area contributed by atoms with Crippen molar-refractivity contribution in [3.8, 4) is 0 Å². The highest BCUT2D eigenvalue weighted by atomic mass is 16.3. The fourth-order valence-electron chi connectivity index (χ4n) is 0.602. The molecule has 2 nitrogen and oxygen atoms in total. The normalized spacial score (nSPS) is 51.0. The van der Waals surface area contributed by atoms with E-state index < -0.39 is 5.60 Å². The van der Waals surface area contributed by atoms with Crippen LogP contribution in [0.3, 0.4) is 0 Å². The van der Waals surface area contributed by atoms with E-state index in [0.717, 1.165) is 6.54 Å². The Morgan fingerprint density at radius 3 is 2.29 bits per heavy atom. The van der Waals surface area contributed by atoms with E-state index in [1.165, 1.54) is 0 Å². The van der Waals surface area contributed by atoms with Crippen molar-refractivity contribution in [3.05, 3.63) is 0 Å². The lowest BCUT2D eigenvalue weighted by molar-refractivity contribution is -0.0335. The van der Waals surface area contributed by atoms with Gasteiger partial charge in [-0.15, -0.1) is 0 Å². The molecule has 1 heterocycles. The molecule has 0 aromatic heterocycles. The van der Waals surface area contributed by atoms with Crippen molar-refractivity contribution in [1.29, 1.82) is 0 Å². The Bertz CT molecular complexity index is 80.1. The van der Waals surface area contributed by atoms with Gasteiger partial charge in [0.2, 0.25) is 0 Å². The zero-order valence-electron chi connectivity index (χ0n) is 4.73. The van der Waals surface area contributed by atoms with Crippen LogP contribution in [0.15, 0.2) is 0 Å². The summed E-state index contributed by atoms with van der Waals surface area (Å²) < 4.78 is 0. The molecule has 1 unspecified atom stereocenters. The fraction of sp³-hybridized carbons (Fsp3) is 1.00. The summed E-state index contributed by atoms with van der Waals surface area (Å²) in [6.45, 7) is 4.56. The van der Waals surface area contributed by atoms with Crippen molar-refractivity contribution in [1.82, 2.24) is 5.32 Å². The lowest BCUT2D eigenvalue weighted by Crippen LogP contribution is -2.64. The van der Waals surface area contributed by atoms with Crippen LogP contribution in [0, 0.1) is 0 Å². The highest BCUT2D eigenvalue weighted by Gasteiger charge is 2.36. The van der Waals surface area contributed by atoms with Gasteiger partial charge >= 0.3 is 0 Å². The first kappa shape index (κ1) is 5.06. The van der Waals surface area contributed by atoms with E-state index in [1.807, 2.05) is 13.8 Å². The molecular weight excluding hydrogens is 90.1 g/mol. The smallest absolute Gasteiger partial charge is 0.0892 e. The van der Waals surface area contributed by atoms with Gasteiger partial charge in [-0.2, -0.15) is 0 Å². The number of rotatable bonds is 0. The SMILES string of the molecule is C[C@H]1NCC1(C)O. The molecule has 0 aromatic rings. The van der Waals surface area contributed by atoms with Crippen LogP contribution < -0.4 is 5.32 Å². The van der Waals surface area contributed by atoms with Crippen LogP contribution in [0.2, 0.25) is 0 Å². The topological polar surface area (TPSA) is 32.3 Å². The van der Waals surface area contributed by atoms with Gasteiger partial charge in [0.25, 0.3) is 0 Å². The third-order valence-electron chi connectivity index (χ3n) is 1.70. The maximum absolute atomic E-state index is 9.12. The van der Waals surface area contributed by atoms with Crippen LogP contribution in [0.25, 0.3) is 0 Å². The average Bonchev–Trinajstić information content (AvgIpc) is 1.63. The first-order valence-electron chi connectivity index (χ1n) is 2.59. The van der Waals surface area contributed by atoms with Crippen LogP contribution in [0.5, 0.6) is 0 Å². The molecule has 1 saturated heterocycles. The second kappa shape index (κ2) is 1.20. The minimum Gasteiger partial charge on any atom is -0.387 e. The summed E-state index contributed by atoms with van der Waals surface area (Å²) in [6.07, 6.45) is 0. The van der Waals surface area contributed by atoms with Crippen molar-refractivity contribution < 1.29 is 5.11 Å². The molecule has 0 amide bonds. The summed E-state index contributed by atoms with van der Waals surface area (Å²) in [5, 5.41) is 12.2. The predicted octanol–water partition coefficient (Wildman–Crippen LogP) is -0.271. The van der Waals surface area contributed by atoms with E-state index in [0.29, 0.717) is 0 Å². The van der Waals surface area contributed by atoms with Gasteiger partial charge in [0, 0.05) is 12.6 Å². The molecule has 0 bridgehead atoms. The van der Waals surface area contributed by atoms with Gasteiger partial charge < -0.3 is 10.4 Å². The zero-order valence-corrected chi connectivity index (χ0v) is 4.73. The lowest BCUT2D eigenvalue weighted by Gasteiger charge is -2.41. The van der Waals surface area contributed by atoms with Crippen molar-refractivity contribution in [3.63, 3.8) is 0 Å². The molecule has 1 fully saturated rings. The Hall–Kier alpha value is -0.0800. The number of hydrogen-bond donors (Lipinski definition) is 2. The fourth-order valence-corrected chi connectivity index (χ4v) is 0.602. The average molecular weight is 101 g/mol. The van der Waals surface area contributed by atoms with Crippen molar-refractivity contribution in [2.24, 2.45) is 0 Å². The summed E-state index contributed by atoms with van der Waals surface area (Å²) in [4.78, 5) is 0. The first-order valence-corrected chi connectivity index (χ1v) is 2.59. The molecule has 2 N–H and O–H groups in total. The van der Waals surface area contributed by atoms with E-state index in [9.17, 15) is 0 Å². The molecule has 1 aliphatic heterocycles. The summed E-state index contributed by atoms with van der Waals surface area (Å²) in [5.41, 5.74) is -0.431. The van der Waals surface area contributed by atoms with Gasteiger partial charge in [-0.3, -0.25) is 0 Å². The first-order chi connectivity index (χ1) is 3.13. The monoisotopic (exact) mass is 101 g/mol. The van der Waals surface area contributed by atoms with Crippen molar-refractivity contribution in [2.45, 2.75) is 25.5 Å². The number of hydrogen-bond acceptors (Lipinski definition) is 2. The Morgan fingerprint density at radius 2 is 2.29 bits per heavy atom. The molecule has 0 spiro atoms. The molecule has 0 aliphatic carbocycles. The standard InChI is InChI=1S/C5H11NO/c1-4-5(2,7)3-6-4/h4,6-7H,3H2,1-2H3/t4-,5?/m1/s1. The van der Waals surface area contributed by atoms with Gasteiger partial charge in [-0.1, -0.05) is 0 Å². The summed E-state index contributed by atoms with van der Waals surface area (Å²) in [6, 6.07) is 0.285. The van der Waals surface area contributed by atoms with E-state index in [2.05, 4.69) is 5.32 Å². The second-order valence-corrected chi connectivity index (χ2v) is 2.46. The Morgan fingerprint density at radius 1 is 1.86 bits per heavy atom. The van der Waals surface area contributed by atoms with Crippen LogP contribution in [0.1, 0.15) is 13.8 Å². The Kier molecular flexibility index (Phi) is 0.869. The maximum atomic E-state index is 9.12. The molecule has 0 radical (unpaired) electrons. The molecular formula is C5H11NO. The third-order valence-corrected chi connectivity index (χ3v) is 1.70. The highest BCUT2D eigenvalue weighted by molar-refractivity contribution is 4.96. The summed E-state index contributed by atoms with van der Waals surface area (Å²) in [7, 11) is 0. The molecule has 42 valence electrons. The summed E-state index contributed by atoms with van der Waals surface area (Å²) >= 11 is 0. The molecule has 0 aromatic carbocycles.